The Balaban J connectivity index is 0. The van der Waals surface area contributed by atoms with Gasteiger partial charge >= 0.3 is 8.25 Å². The first-order valence-electron chi connectivity index (χ1n) is 2.66. The molecule has 0 aromatic carbocycles. The van der Waals surface area contributed by atoms with Crippen LogP contribution in [0.1, 0.15) is 0 Å². The van der Waals surface area contributed by atoms with Gasteiger partial charge in [-0.15, -0.1) is 0 Å². The second-order valence-corrected chi connectivity index (χ2v) is 1.93. The maximum Gasteiger partial charge on any atom is 0.314 e. The molecule has 3 N–H and O–H groups in total. The maximum atomic E-state index is 8.74. The third-order valence-electron chi connectivity index (χ3n) is 0.675. The van der Waals surface area contributed by atoms with E-state index >= 15 is 0 Å². The van der Waals surface area contributed by atoms with Gasteiger partial charge in [-0.2, -0.15) is 0 Å². The predicted molar refractivity (Wildman–Crippen MR) is 38.3 cm³/mol. The summed E-state index contributed by atoms with van der Waals surface area (Å²) < 4.78 is 17.9. The molecule has 11 heavy (non-hydrogen) atoms. The Bertz CT molecular complexity index is 83.1. The molecular formula is C4H13O6P. The molecule has 0 atom stereocenters. The first-order chi connectivity index (χ1) is 5.08. The summed E-state index contributed by atoms with van der Waals surface area (Å²) in [4.78, 5) is 14.3. The summed E-state index contributed by atoms with van der Waals surface area (Å²) in [7, 11) is -0.176. The van der Waals surface area contributed by atoms with E-state index in [4.69, 9.17) is 19.5 Å². The topological polar surface area (TPSA) is 96.2 Å². The van der Waals surface area contributed by atoms with Gasteiger partial charge in [-0.05, 0) is 0 Å². The van der Waals surface area contributed by atoms with Gasteiger partial charge in [0.2, 0.25) is 0 Å². The molecule has 0 amide bonds. The summed E-state index contributed by atoms with van der Waals surface area (Å²) >= 11 is 0. The predicted octanol–water partition coefficient (Wildman–Crippen LogP) is -1.04. The van der Waals surface area contributed by atoms with Crippen molar-refractivity contribution < 1.29 is 28.9 Å². The standard InChI is InChI=1S/C4H10O3.H3O3P/c1-6-4(3-5)7-2;1-4(2)3/h4-5H,3H2,1-2H3;4H,(H2,1,2,3). The second kappa shape index (κ2) is 10.0. The molecule has 0 aromatic rings. The van der Waals surface area contributed by atoms with Crippen molar-refractivity contribution in [3.63, 3.8) is 0 Å². The molecule has 0 radical (unpaired) electrons. The minimum Gasteiger partial charge on any atom is -0.391 e. The molecule has 70 valence electrons. The van der Waals surface area contributed by atoms with Crippen LogP contribution >= 0.6 is 8.25 Å². The van der Waals surface area contributed by atoms with E-state index in [0.717, 1.165) is 0 Å². The molecule has 0 saturated carbocycles. The van der Waals surface area contributed by atoms with E-state index < -0.39 is 14.5 Å². The van der Waals surface area contributed by atoms with E-state index in [1.165, 1.54) is 14.2 Å². The summed E-state index contributed by atoms with van der Waals surface area (Å²) in [6, 6.07) is 0. The van der Waals surface area contributed by atoms with Crippen molar-refractivity contribution in [2.24, 2.45) is 0 Å². The van der Waals surface area contributed by atoms with Gasteiger partial charge in [0, 0.05) is 14.2 Å². The summed E-state index contributed by atoms with van der Waals surface area (Å²) in [5, 5.41) is 8.28. The Kier molecular flexibility index (Phi) is 12.4. The van der Waals surface area contributed by atoms with Crippen LogP contribution in [0.3, 0.4) is 0 Å². The quantitative estimate of drug-likeness (QED) is 0.386. The maximum absolute atomic E-state index is 8.74. The molecule has 0 spiro atoms. The number of methoxy groups -OCH3 is 2. The monoisotopic (exact) mass is 188 g/mol. The van der Waals surface area contributed by atoms with Gasteiger partial charge < -0.3 is 24.4 Å². The molecule has 7 heteroatoms. The fourth-order valence-corrected chi connectivity index (χ4v) is 0.245. The highest BCUT2D eigenvalue weighted by Crippen LogP contribution is 1.98. The van der Waals surface area contributed by atoms with E-state index in [-0.39, 0.29) is 6.61 Å². The highest BCUT2D eigenvalue weighted by atomic mass is 31.1. The van der Waals surface area contributed by atoms with E-state index in [1.807, 2.05) is 0 Å². The van der Waals surface area contributed by atoms with Gasteiger partial charge in [0.05, 0.1) is 6.61 Å². The number of hydrogen-bond donors (Lipinski definition) is 3. The van der Waals surface area contributed by atoms with Crippen molar-refractivity contribution in [3.8, 4) is 0 Å². The number of rotatable bonds is 3. The second-order valence-electron chi connectivity index (χ2n) is 1.37. The molecule has 6 nitrogen and oxygen atoms in total. The van der Waals surface area contributed by atoms with Crippen LogP contribution in [-0.2, 0) is 14.0 Å². The van der Waals surface area contributed by atoms with Crippen LogP contribution in [0.2, 0.25) is 0 Å². The van der Waals surface area contributed by atoms with Gasteiger partial charge in [-0.25, -0.2) is 0 Å². The smallest absolute Gasteiger partial charge is 0.314 e. The fraction of sp³-hybridized carbons (Fsp3) is 1.00. The number of aliphatic hydroxyl groups excluding tert-OH is 1. The van der Waals surface area contributed by atoms with Gasteiger partial charge in [0.25, 0.3) is 0 Å². The molecule has 0 aliphatic rings. The van der Waals surface area contributed by atoms with E-state index in [9.17, 15) is 0 Å². The molecule has 0 unspecified atom stereocenters. The van der Waals surface area contributed by atoms with Crippen molar-refractivity contribution in [3.05, 3.63) is 0 Å². The average Bonchev–Trinajstić information content (AvgIpc) is 1.90. The van der Waals surface area contributed by atoms with Gasteiger partial charge in [-0.3, -0.25) is 4.57 Å². The minimum atomic E-state index is -3.13. The SMILES string of the molecule is COC(CO)OC.O=[PH](O)O. The summed E-state index contributed by atoms with van der Waals surface area (Å²) in [5.74, 6) is 0. The molecule has 0 aromatic heterocycles. The number of aliphatic hydroxyl groups is 1. The fourth-order valence-electron chi connectivity index (χ4n) is 0.245. The zero-order valence-corrected chi connectivity index (χ0v) is 7.35. The highest BCUT2D eigenvalue weighted by molar-refractivity contribution is 7.30. The molecule has 0 saturated heterocycles. The van der Waals surface area contributed by atoms with Crippen molar-refractivity contribution in [1.29, 1.82) is 0 Å². The van der Waals surface area contributed by atoms with Crippen LogP contribution in [0.4, 0.5) is 0 Å². The Morgan fingerprint density at radius 3 is 1.64 bits per heavy atom. The Morgan fingerprint density at radius 1 is 1.36 bits per heavy atom. The number of hydrogen-bond acceptors (Lipinski definition) is 4. The van der Waals surface area contributed by atoms with Crippen molar-refractivity contribution >= 4 is 8.25 Å². The van der Waals surface area contributed by atoms with Crippen molar-refractivity contribution in [2.75, 3.05) is 20.8 Å². The zero-order valence-electron chi connectivity index (χ0n) is 6.35. The van der Waals surface area contributed by atoms with Crippen LogP contribution in [0.25, 0.3) is 0 Å². The largest absolute Gasteiger partial charge is 0.391 e. The van der Waals surface area contributed by atoms with Gasteiger partial charge in [0.1, 0.15) is 0 Å². The molecular weight excluding hydrogens is 175 g/mol. The Labute approximate surface area is 65.3 Å². The number of ether oxygens (including phenoxy) is 2. The Hall–Kier alpha value is 0.0300. The lowest BCUT2D eigenvalue weighted by atomic mass is 10.7. The molecule has 0 fully saturated rings. The lowest BCUT2D eigenvalue weighted by molar-refractivity contribution is -0.127. The van der Waals surface area contributed by atoms with Gasteiger partial charge in [-0.1, -0.05) is 0 Å². The summed E-state index contributed by atoms with van der Waals surface area (Å²) in [6.45, 7) is -0.0903. The molecule has 0 aliphatic heterocycles. The first kappa shape index (κ1) is 13.6. The molecule has 0 aliphatic carbocycles. The molecule has 0 bridgehead atoms. The summed E-state index contributed by atoms with van der Waals surface area (Å²) in [5.41, 5.74) is 0. The van der Waals surface area contributed by atoms with E-state index in [2.05, 4.69) is 9.47 Å². The van der Waals surface area contributed by atoms with Crippen molar-refractivity contribution in [2.45, 2.75) is 6.29 Å². The highest BCUT2D eigenvalue weighted by Gasteiger charge is 1.98. The molecule has 0 heterocycles. The summed E-state index contributed by atoms with van der Waals surface area (Å²) in [6.07, 6.45) is -0.458. The van der Waals surface area contributed by atoms with E-state index in [1.54, 1.807) is 0 Å². The third-order valence-corrected chi connectivity index (χ3v) is 0.675. The van der Waals surface area contributed by atoms with Crippen molar-refractivity contribution in [1.82, 2.24) is 0 Å². The Morgan fingerprint density at radius 2 is 1.64 bits per heavy atom. The lowest BCUT2D eigenvalue weighted by Gasteiger charge is -2.07. The van der Waals surface area contributed by atoms with Crippen LogP contribution in [0, 0.1) is 0 Å². The zero-order chi connectivity index (χ0) is 9.28. The minimum absolute atomic E-state index is 0.0903. The molecule has 0 rings (SSSR count). The normalized spacial score (nSPS) is 9.73. The van der Waals surface area contributed by atoms with Crippen LogP contribution in [0.5, 0.6) is 0 Å². The van der Waals surface area contributed by atoms with Crippen LogP contribution < -0.4 is 0 Å². The van der Waals surface area contributed by atoms with Gasteiger partial charge in [0.15, 0.2) is 6.29 Å². The first-order valence-corrected chi connectivity index (χ1v) is 3.97. The average molecular weight is 188 g/mol. The van der Waals surface area contributed by atoms with E-state index in [0.29, 0.717) is 0 Å². The van der Waals surface area contributed by atoms with Crippen LogP contribution in [-0.4, -0.2) is 42.0 Å². The van der Waals surface area contributed by atoms with Crippen LogP contribution in [0.15, 0.2) is 0 Å². The third kappa shape index (κ3) is 17.8. The lowest BCUT2D eigenvalue weighted by Crippen LogP contribution is -2.16.